The monoisotopic (exact) mass is 679 g/mol. The molecule has 3 aromatic carbocycles. The SMILES string of the molecule is CN(C)Cc1c(OCC2CC2)ccc2c(CCC3CCN(C[C@H]4C[C@@H]4CCC(C)(C)[Si](O)(c4ccccc4)c4ccccc4)CC3)noc12. The molecule has 3 fully saturated rings. The fourth-order valence-corrected chi connectivity index (χ4v) is 12.2. The quantitative estimate of drug-likeness (QED) is 0.126. The number of benzene rings is 3. The first-order chi connectivity index (χ1) is 23.7. The molecule has 4 aromatic rings. The van der Waals surface area contributed by atoms with E-state index < -0.39 is 8.32 Å². The van der Waals surface area contributed by atoms with Gasteiger partial charge in [0.25, 0.3) is 8.32 Å². The van der Waals surface area contributed by atoms with Crippen molar-refractivity contribution in [3.63, 3.8) is 0 Å². The summed E-state index contributed by atoms with van der Waals surface area (Å²) in [6, 6.07) is 25.3. The molecule has 262 valence electrons. The van der Waals surface area contributed by atoms with E-state index in [0.717, 1.165) is 88.0 Å². The van der Waals surface area contributed by atoms with Gasteiger partial charge in [-0.3, -0.25) is 0 Å². The minimum atomic E-state index is -2.93. The summed E-state index contributed by atoms with van der Waals surface area (Å²) in [7, 11) is 1.26. The average Bonchev–Trinajstić information content (AvgIpc) is 4.04. The van der Waals surface area contributed by atoms with Crippen LogP contribution in [0, 0.1) is 23.7 Å². The molecule has 7 heteroatoms. The second-order valence-corrected chi connectivity index (χ2v) is 20.4. The van der Waals surface area contributed by atoms with Gasteiger partial charge in [-0.25, -0.2) is 0 Å². The summed E-state index contributed by atoms with van der Waals surface area (Å²) in [5.74, 6) is 4.02. The summed E-state index contributed by atoms with van der Waals surface area (Å²) in [6.45, 7) is 9.88. The molecule has 2 atom stereocenters. The summed E-state index contributed by atoms with van der Waals surface area (Å²) in [5.41, 5.74) is 3.13. The number of aromatic nitrogens is 1. The number of rotatable bonds is 16. The van der Waals surface area contributed by atoms with Crippen molar-refractivity contribution in [2.75, 3.05) is 40.3 Å². The van der Waals surface area contributed by atoms with Crippen molar-refractivity contribution in [3.05, 3.63) is 84.1 Å². The summed E-state index contributed by atoms with van der Waals surface area (Å²) in [4.78, 5) is 17.4. The van der Waals surface area contributed by atoms with Gasteiger partial charge in [-0.15, -0.1) is 0 Å². The van der Waals surface area contributed by atoms with Crippen molar-refractivity contribution >= 4 is 29.7 Å². The lowest BCUT2D eigenvalue weighted by Crippen LogP contribution is -2.65. The Hall–Kier alpha value is -2.97. The highest BCUT2D eigenvalue weighted by atomic mass is 28.4. The van der Waals surface area contributed by atoms with Crippen LogP contribution in [-0.4, -0.2) is 68.4 Å². The molecule has 2 saturated carbocycles. The van der Waals surface area contributed by atoms with E-state index >= 15 is 0 Å². The van der Waals surface area contributed by atoms with E-state index in [0.29, 0.717) is 0 Å². The van der Waals surface area contributed by atoms with Gasteiger partial charge in [-0.2, -0.15) is 0 Å². The van der Waals surface area contributed by atoms with Gasteiger partial charge >= 0.3 is 0 Å². The largest absolute Gasteiger partial charge is 0.493 e. The summed E-state index contributed by atoms with van der Waals surface area (Å²) in [6.07, 6.45) is 10.9. The smallest absolute Gasteiger partial charge is 0.258 e. The first-order valence-corrected chi connectivity index (χ1v) is 20.9. The zero-order valence-electron chi connectivity index (χ0n) is 30.2. The first-order valence-electron chi connectivity index (χ1n) is 18.9. The third-order valence-electron chi connectivity index (χ3n) is 12.0. The lowest BCUT2D eigenvalue weighted by atomic mass is 9.91. The van der Waals surface area contributed by atoms with Gasteiger partial charge in [0, 0.05) is 18.5 Å². The lowest BCUT2D eigenvalue weighted by molar-refractivity contribution is 0.170. The van der Waals surface area contributed by atoms with Gasteiger partial charge in [-0.1, -0.05) is 79.7 Å². The molecule has 0 spiro atoms. The fourth-order valence-electron chi connectivity index (χ4n) is 8.42. The number of fused-ring (bicyclic) bond motifs is 1. The Bertz CT molecular complexity index is 1620. The molecule has 7 rings (SSSR count). The van der Waals surface area contributed by atoms with Gasteiger partial charge in [0.15, 0.2) is 5.58 Å². The van der Waals surface area contributed by atoms with Gasteiger partial charge in [0.1, 0.15) is 5.75 Å². The van der Waals surface area contributed by atoms with Crippen LogP contribution in [0.25, 0.3) is 11.0 Å². The molecule has 0 bridgehead atoms. The molecule has 0 amide bonds. The molecule has 0 radical (unpaired) electrons. The van der Waals surface area contributed by atoms with E-state index in [1.807, 2.05) is 0 Å². The van der Waals surface area contributed by atoms with Crippen LogP contribution in [0.2, 0.25) is 5.04 Å². The second-order valence-electron chi connectivity index (χ2n) is 16.4. The minimum Gasteiger partial charge on any atom is -0.493 e. The molecule has 1 aromatic heterocycles. The Labute approximate surface area is 295 Å². The number of piperidine rings is 1. The maximum atomic E-state index is 12.5. The van der Waals surface area contributed by atoms with Crippen molar-refractivity contribution in [3.8, 4) is 5.75 Å². The van der Waals surface area contributed by atoms with Crippen LogP contribution in [0.4, 0.5) is 0 Å². The molecule has 2 aliphatic carbocycles. The van der Waals surface area contributed by atoms with E-state index in [9.17, 15) is 4.80 Å². The molecular weight excluding hydrogens is 623 g/mol. The van der Waals surface area contributed by atoms with Crippen LogP contribution in [-0.2, 0) is 13.0 Å². The topological polar surface area (TPSA) is 62.0 Å². The van der Waals surface area contributed by atoms with Crippen LogP contribution in [0.15, 0.2) is 77.3 Å². The van der Waals surface area contributed by atoms with Crippen LogP contribution in [0.5, 0.6) is 5.75 Å². The van der Waals surface area contributed by atoms with Gasteiger partial charge in [-0.05, 0) is 136 Å². The number of nitrogens with zero attached hydrogens (tertiary/aromatic N) is 3. The Morgan fingerprint density at radius 2 is 1.55 bits per heavy atom. The highest BCUT2D eigenvalue weighted by Gasteiger charge is 2.51. The van der Waals surface area contributed by atoms with Crippen LogP contribution >= 0.6 is 0 Å². The molecule has 1 saturated heterocycles. The zero-order chi connectivity index (χ0) is 34.0. The zero-order valence-corrected chi connectivity index (χ0v) is 31.2. The molecule has 2 heterocycles. The molecular formula is C42H57N3O3Si. The fraction of sp³-hybridized carbons (Fsp3) is 0.548. The number of ether oxygens (including phenoxy) is 1. The highest BCUT2D eigenvalue weighted by Crippen LogP contribution is 2.48. The molecule has 3 aliphatic rings. The van der Waals surface area contributed by atoms with Crippen molar-refractivity contribution in [2.45, 2.75) is 83.2 Å². The highest BCUT2D eigenvalue weighted by molar-refractivity contribution is 6.98. The van der Waals surface area contributed by atoms with Gasteiger partial charge in [0.05, 0.1) is 17.9 Å². The maximum Gasteiger partial charge on any atom is 0.258 e. The standard InChI is InChI=1S/C42H57N3O3Si/c1-42(2,49(46,35-11-7-5-8-12-35)36-13-9-6-10-14-36)24-21-33-27-34(33)28-45-25-22-31(23-26-45)17-19-39-37-18-20-40(47-30-32-15-16-32)38(29-44(3)4)41(37)48-43-39/h5-14,18,20,31-34,46H,15-17,19,21-30H2,1-4H3/t33-,34+/m0/s1. The second kappa shape index (κ2) is 14.7. The number of hydrogen-bond acceptors (Lipinski definition) is 6. The van der Waals surface area contributed by atoms with E-state index in [1.165, 1.54) is 64.6 Å². The van der Waals surface area contributed by atoms with E-state index in [2.05, 4.69) is 116 Å². The summed E-state index contributed by atoms with van der Waals surface area (Å²) in [5, 5.41) is 7.82. The van der Waals surface area contributed by atoms with Crippen molar-refractivity contribution in [1.82, 2.24) is 15.0 Å². The van der Waals surface area contributed by atoms with Crippen molar-refractivity contribution < 1.29 is 14.1 Å². The number of likely N-dealkylation sites (tertiary alicyclic amines) is 1. The van der Waals surface area contributed by atoms with E-state index in [-0.39, 0.29) is 5.04 Å². The van der Waals surface area contributed by atoms with Crippen molar-refractivity contribution in [1.29, 1.82) is 0 Å². The van der Waals surface area contributed by atoms with Gasteiger partial charge < -0.3 is 23.9 Å². The van der Waals surface area contributed by atoms with Crippen LogP contribution in [0.1, 0.15) is 76.5 Å². The molecule has 1 aliphatic heterocycles. The predicted molar refractivity (Wildman–Crippen MR) is 202 cm³/mol. The third-order valence-corrected chi connectivity index (χ3v) is 16.5. The van der Waals surface area contributed by atoms with Crippen LogP contribution in [0.3, 0.4) is 0 Å². The average molecular weight is 680 g/mol. The summed E-state index contributed by atoms with van der Waals surface area (Å²) >= 11 is 0. The lowest BCUT2D eigenvalue weighted by Gasteiger charge is -2.41. The molecule has 0 unspecified atom stereocenters. The van der Waals surface area contributed by atoms with E-state index in [1.54, 1.807) is 0 Å². The minimum absolute atomic E-state index is 0.156. The Morgan fingerprint density at radius 1 is 0.878 bits per heavy atom. The molecule has 49 heavy (non-hydrogen) atoms. The number of hydrogen-bond donors (Lipinski definition) is 1. The molecule has 6 nitrogen and oxygen atoms in total. The molecule has 1 N–H and O–H groups in total. The van der Waals surface area contributed by atoms with Gasteiger partial charge in [0.2, 0.25) is 0 Å². The third kappa shape index (κ3) is 7.85. The van der Waals surface area contributed by atoms with Crippen LogP contribution < -0.4 is 15.1 Å². The van der Waals surface area contributed by atoms with E-state index in [4.69, 9.17) is 9.26 Å². The Morgan fingerprint density at radius 3 is 2.18 bits per heavy atom. The Balaban J connectivity index is 0.883. The first kappa shape index (κ1) is 34.5. The number of aryl methyl sites for hydroxylation is 1. The van der Waals surface area contributed by atoms with Crippen molar-refractivity contribution in [2.24, 2.45) is 23.7 Å². The predicted octanol–water partition coefficient (Wildman–Crippen LogP) is 7.27. The maximum absolute atomic E-state index is 12.5. The Kier molecular flexibility index (Phi) is 10.3. The normalized spacial score (nSPS) is 20.7. The summed E-state index contributed by atoms with van der Waals surface area (Å²) < 4.78 is 12.2.